The van der Waals surface area contributed by atoms with Crippen LogP contribution in [-0.4, -0.2) is 70.8 Å². The van der Waals surface area contributed by atoms with Crippen LogP contribution < -0.4 is 0 Å². The summed E-state index contributed by atoms with van der Waals surface area (Å²) >= 11 is 0. The number of rotatable bonds is 4. The first-order valence-electron chi connectivity index (χ1n) is 18.8. The van der Waals surface area contributed by atoms with Gasteiger partial charge < -0.3 is 10.0 Å². The Hall–Kier alpha value is -1.34. The van der Waals surface area contributed by atoms with Gasteiger partial charge in [-0.25, -0.2) is 8.78 Å². The van der Waals surface area contributed by atoms with Crippen LogP contribution in [0, 0.1) is 50.7 Å². The number of halogens is 2. The molecule has 6 fully saturated rings. The summed E-state index contributed by atoms with van der Waals surface area (Å²) in [6, 6.07) is -0.0583. The Kier molecular flexibility index (Phi) is 7.63. The Labute approximate surface area is 276 Å². The van der Waals surface area contributed by atoms with Gasteiger partial charge in [0.25, 0.3) is 5.92 Å². The highest BCUT2D eigenvalue weighted by Gasteiger charge is 2.71. The minimum absolute atomic E-state index is 0.0144. The monoisotopic (exact) mass is 642 g/mol. The van der Waals surface area contributed by atoms with Gasteiger partial charge in [-0.3, -0.25) is 14.5 Å². The summed E-state index contributed by atoms with van der Waals surface area (Å²) in [4.78, 5) is 33.0. The van der Waals surface area contributed by atoms with Crippen LogP contribution in [0.15, 0.2) is 11.1 Å². The Balaban J connectivity index is 1.24. The fourth-order valence-corrected chi connectivity index (χ4v) is 13.7. The second-order valence-corrected chi connectivity index (χ2v) is 18.8. The molecule has 2 aliphatic heterocycles. The van der Waals surface area contributed by atoms with Crippen LogP contribution in [0.4, 0.5) is 8.78 Å². The zero-order valence-electron chi connectivity index (χ0n) is 29.7. The molecule has 0 unspecified atom stereocenters. The minimum atomic E-state index is -2.64. The Morgan fingerprint density at radius 3 is 2.30 bits per heavy atom. The van der Waals surface area contributed by atoms with Crippen LogP contribution in [0.3, 0.4) is 0 Å². The van der Waals surface area contributed by atoms with Gasteiger partial charge in [0.15, 0.2) is 5.78 Å². The van der Waals surface area contributed by atoms with Gasteiger partial charge >= 0.3 is 0 Å². The van der Waals surface area contributed by atoms with Crippen molar-refractivity contribution in [3.63, 3.8) is 0 Å². The Morgan fingerprint density at radius 2 is 1.63 bits per heavy atom. The van der Waals surface area contributed by atoms with Crippen LogP contribution >= 0.6 is 0 Å². The molecule has 0 bridgehead atoms. The number of hydrogen-bond acceptors (Lipinski definition) is 4. The maximum absolute atomic E-state index is 15.1. The van der Waals surface area contributed by atoms with E-state index in [9.17, 15) is 18.7 Å². The van der Waals surface area contributed by atoms with E-state index in [-0.39, 0.29) is 76.7 Å². The number of nitrogens with zero attached hydrogens (tertiary/aromatic N) is 2. The average molecular weight is 643 g/mol. The molecule has 5 aliphatic carbocycles. The molecule has 0 radical (unpaired) electrons. The number of Topliss-reactive ketones (excluding diaryl/α,β-unsaturated/α-hetero) is 1. The van der Waals surface area contributed by atoms with Gasteiger partial charge in [-0.2, -0.15) is 0 Å². The van der Waals surface area contributed by atoms with Gasteiger partial charge in [0.05, 0.1) is 18.1 Å². The molecule has 2 saturated heterocycles. The summed E-state index contributed by atoms with van der Waals surface area (Å²) in [5.74, 6) is -1.03. The maximum atomic E-state index is 15.1. The Bertz CT molecular complexity index is 1330. The van der Waals surface area contributed by atoms with Gasteiger partial charge in [0, 0.05) is 38.5 Å². The molecule has 0 aromatic carbocycles. The predicted molar refractivity (Wildman–Crippen MR) is 176 cm³/mol. The van der Waals surface area contributed by atoms with Crippen molar-refractivity contribution in [2.75, 3.05) is 26.2 Å². The lowest BCUT2D eigenvalue weighted by atomic mass is 9.33. The zero-order chi connectivity index (χ0) is 33.2. The number of fused-ring (bicyclic) bond motifs is 7. The quantitative estimate of drug-likeness (QED) is 0.342. The second kappa shape index (κ2) is 10.6. The van der Waals surface area contributed by atoms with Crippen LogP contribution in [0.1, 0.15) is 126 Å². The number of alkyl halides is 2. The molecule has 0 aromatic heterocycles. The van der Waals surface area contributed by atoms with Crippen molar-refractivity contribution >= 4 is 11.7 Å². The van der Waals surface area contributed by atoms with Gasteiger partial charge in [-0.15, -0.1) is 0 Å². The smallest absolute Gasteiger partial charge is 0.261 e. The van der Waals surface area contributed by atoms with E-state index in [0.29, 0.717) is 37.9 Å². The number of ketones is 1. The SMILES string of the molecule is CC(C)C1=C2[C@H]3CC[C@@H]4[C@@]5(C)CC[C@H](O)C(C)(C)[C@@H]5CC[C@@]4(C)[C@]3(C)CC[C@@]2(C(=O)N2CCC[C@H]2CN2CCC(F)(F)C2)CC1=O. The second-order valence-electron chi connectivity index (χ2n) is 18.8. The van der Waals surface area contributed by atoms with Crippen molar-refractivity contribution in [1.29, 1.82) is 0 Å². The highest BCUT2D eigenvalue weighted by atomic mass is 19.3. The first kappa shape index (κ1) is 33.2. The molecule has 7 rings (SSSR count). The van der Waals surface area contributed by atoms with E-state index in [1.165, 1.54) is 5.57 Å². The van der Waals surface area contributed by atoms with Crippen LogP contribution in [-0.2, 0) is 9.59 Å². The molecule has 46 heavy (non-hydrogen) atoms. The lowest BCUT2D eigenvalue weighted by Crippen LogP contribution is -2.66. The van der Waals surface area contributed by atoms with Gasteiger partial charge in [0.2, 0.25) is 5.91 Å². The molecule has 2 heterocycles. The van der Waals surface area contributed by atoms with E-state index in [2.05, 4.69) is 48.5 Å². The van der Waals surface area contributed by atoms with Crippen LogP contribution in [0.2, 0.25) is 0 Å². The van der Waals surface area contributed by atoms with E-state index in [0.717, 1.165) is 63.4 Å². The fourth-order valence-electron chi connectivity index (χ4n) is 13.7. The largest absolute Gasteiger partial charge is 0.393 e. The summed E-state index contributed by atoms with van der Waals surface area (Å²) in [5.41, 5.74) is 1.50. The molecular formula is C39H60F2N2O3. The molecule has 9 atom stereocenters. The van der Waals surface area contributed by atoms with Crippen molar-refractivity contribution < 1.29 is 23.5 Å². The third-order valence-electron chi connectivity index (χ3n) is 16.2. The van der Waals surface area contributed by atoms with E-state index in [1.54, 1.807) is 0 Å². The van der Waals surface area contributed by atoms with E-state index in [1.807, 2.05) is 9.80 Å². The summed E-state index contributed by atoms with van der Waals surface area (Å²) in [6.45, 7) is 17.8. The minimum Gasteiger partial charge on any atom is -0.393 e. The standard InChI is InChI=1S/C39H60F2N2O3/c1-24(2)31-27(44)21-38(33(46)43-19-8-9-25(43)22-42-20-18-39(40,41)23-42)17-16-36(6)26(32(31)38)10-11-29-35(5)14-13-30(45)34(3,4)28(35)12-15-37(29,36)7/h24-26,28-30,45H,8-23H2,1-7H3/t25-,26+,28-,29+,30-,35-,36+,37+,38+/m0/s1. The van der Waals surface area contributed by atoms with E-state index >= 15 is 4.79 Å². The van der Waals surface area contributed by atoms with E-state index in [4.69, 9.17) is 0 Å². The maximum Gasteiger partial charge on any atom is 0.261 e. The fraction of sp³-hybridized carbons (Fsp3) is 0.897. The molecule has 7 heteroatoms. The first-order chi connectivity index (χ1) is 21.4. The topological polar surface area (TPSA) is 60.9 Å². The van der Waals surface area contributed by atoms with Gasteiger partial charge in [0.1, 0.15) is 0 Å². The molecule has 4 saturated carbocycles. The van der Waals surface area contributed by atoms with Gasteiger partial charge in [-0.05, 0) is 121 Å². The first-order valence-corrected chi connectivity index (χ1v) is 18.8. The molecule has 1 amide bonds. The lowest BCUT2D eigenvalue weighted by molar-refractivity contribution is -0.228. The van der Waals surface area contributed by atoms with E-state index < -0.39 is 11.3 Å². The van der Waals surface area contributed by atoms with Crippen LogP contribution in [0.25, 0.3) is 0 Å². The number of amides is 1. The Morgan fingerprint density at radius 1 is 0.891 bits per heavy atom. The molecule has 1 N–H and O–H groups in total. The average Bonchev–Trinajstić information content (AvgIpc) is 3.66. The highest BCUT2D eigenvalue weighted by Crippen LogP contribution is 2.76. The number of allylic oxidation sites excluding steroid dienone is 1. The normalized spacial score (nSPS) is 46.7. The summed E-state index contributed by atoms with van der Waals surface area (Å²) in [5, 5.41) is 11.1. The highest BCUT2D eigenvalue weighted by molar-refractivity contribution is 6.07. The third-order valence-corrected chi connectivity index (χ3v) is 16.2. The van der Waals surface area contributed by atoms with Crippen LogP contribution in [0.5, 0.6) is 0 Å². The van der Waals surface area contributed by atoms with Crippen molar-refractivity contribution in [1.82, 2.24) is 9.80 Å². The molecule has 0 aromatic rings. The lowest BCUT2D eigenvalue weighted by Gasteiger charge is -2.72. The number of likely N-dealkylation sites (tertiary alicyclic amines) is 2. The van der Waals surface area contributed by atoms with Crippen molar-refractivity contribution in [3.8, 4) is 0 Å². The molecule has 5 nitrogen and oxygen atoms in total. The molecule has 7 aliphatic rings. The number of aliphatic hydroxyl groups excluding tert-OH is 1. The van der Waals surface area contributed by atoms with Crippen molar-refractivity contribution in [2.24, 2.45) is 50.7 Å². The van der Waals surface area contributed by atoms with Gasteiger partial charge in [-0.1, -0.05) is 48.5 Å². The summed E-state index contributed by atoms with van der Waals surface area (Å²) in [6.07, 6.45) is 9.67. The molecule has 258 valence electrons. The number of hydrogen-bond donors (Lipinski definition) is 1. The number of carbonyl (C=O) groups is 2. The summed E-state index contributed by atoms with van der Waals surface area (Å²) < 4.78 is 28.2. The third kappa shape index (κ3) is 4.40. The number of carbonyl (C=O) groups excluding carboxylic acids is 2. The molecule has 0 spiro atoms. The van der Waals surface area contributed by atoms with Crippen molar-refractivity contribution in [3.05, 3.63) is 11.1 Å². The number of aliphatic hydroxyl groups is 1. The summed E-state index contributed by atoms with van der Waals surface area (Å²) in [7, 11) is 0. The predicted octanol–water partition coefficient (Wildman–Crippen LogP) is 7.66. The molecular weight excluding hydrogens is 582 g/mol. The zero-order valence-corrected chi connectivity index (χ0v) is 29.7. The van der Waals surface area contributed by atoms with Crippen molar-refractivity contribution in [2.45, 2.75) is 144 Å².